The van der Waals surface area contributed by atoms with Crippen LogP contribution in [0.15, 0.2) is 54.9 Å². The molecule has 29 heavy (non-hydrogen) atoms. The number of hydrogen-bond acceptors (Lipinski definition) is 5. The first-order valence-electron chi connectivity index (χ1n) is 9.27. The van der Waals surface area contributed by atoms with Crippen LogP contribution in [0.3, 0.4) is 0 Å². The molecule has 0 aliphatic carbocycles. The van der Waals surface area contributed by atoms with Crippen LogP contribution < -0.4 is 0 Å². The van der Waals surface area contributed by atoms with E-state index in [0.717, 1.165) is 16.8 Å². The van der Waals surface area contributed by atoms with Crippen LogP contribution in [0.5, 0.6) is 0 Å². The number of aryl methyl sites for hydroxylation is 1. The molecule has 8 nitrogen and oxygen atoms in total. The average Bonchev–Trinajstić information content (AvgIpc) is 3.35. The van der Waals surface area contributed by atoms with Crippen molar-refractivity contribution in [1.82, 2.24) is 29.3 Å². The third-order valence-electron chi connectivity index (χ3n) is 4.79. The molecule has 1 aromatic carbocycles. The number of fused-ring (bicyclic) bond motifs is 1. The van der Waals surface area contributed by atoms with Gasteiger partial charge in [-0.15, -0.1) is 5.10 Å². The predicted molar refractivity (Wildman–Crippen MR) is 109 cm³/mol. The maximum atomic E-state index is 12.9. The monoisotopic (exact) mass is 390 g/mol. The molecule has 8 heteroatoms. The van der Waals surface area contributed by atoms with Crippen LogP contribution in [0, 0.1) is 0 Å². The maximum Gasteiger partial charge on any atom is 0.257 e. The average molecular weight is 390 g/mol. The maximum absolute atomic E-state index is 12.9. The zero-order valence-electron chi connectivity index (χ0n) is 16.6. The highest BCUT2D eigenvalue weighted by Crippen LogP contribution is 2.26. The number of likely N-dealkylation sites (N-methyl/N-ethyl adjacent to an activating group) is 1. The number of nitrogens with zero attached hydrogens (tertiary/aromatic N) is 6. The number of ether oxygens (including phenoxy) is 1. The Morgan fingerprint density at radius 3 is 2.72 bits per heavy atom. The molecule has 0 unspecified atom stereocenters. The van der Waals surface area contributed by atoms with Gasteiger partial charge in [-0.2, -0.15) is 5.10 Å². The molecule has 0 saturated carbocycles. The lowest BCUT2D eigenvalue weighted by molar-refractivity contribution is 0.0745. The number of methoxy groups -OCH3 is 1. The molecule has 0 fully saturated rings. The number of carbonyl (C=O) groups is 1. The molecular weight excluding hydrogens is 368 g/mol. The molecule has 1 amide bonds. The van der Waals surface area contributed by atoms with Gasteiger partial charge in [0.15, 0.2) is 11.5 Å². The summed E-state index contributed by atoms with van der Waals surface area (Å²) in [6.45, 7) is 0.985. The highest BCUT2D eigenvalue weighted by Gasteiger charge is 2.21. The van der Waals surface area contributed by atoms with Crippen LogP contribution in [0.2, 0.25) is 0 Å². The normalized spacial score (nSPS) is 11.1. The Morgan fingerprint density at radius 1 is 1.17 bits per heavy atom. The summed E-state index contributed by atoms with van der Waals surface area (Å²) in [7, 11) is 5.20. The van der Waals surface area contributed by atoms with E-state index in [1.807, 2.05) is 55.7 Å². The largest absolute Gasteiger partial charge is 0.383 e. The Kier molecular flexibility index (Phi) is 5.09. The number of benzene rings is 1. The van der Waals surface area contributed by atoms with Gasteiger partial charge in [0.25, 0.3) is 5.91 Å². The highest BCUT2D eigenvalue weighted by molar-refractivity contribution is 6.00. The standard InChI is InChI=1S/C21H22N6O2/c1-25(11-12-29-3)21(28)17-14-22-26(2)19(17)16-9-10-27-18(13-16)23-20(24-27)15-7-5-4-6-8-15/h4-10,13-14H,11-12H2,1-3H3. The molecule has 0 atom stereocenters. The summed E-state index contributed by atoms with van der Waals surface area (Å²) in [6, 6.07) is 13.7. The summed E-state index contributed by atoms with van der Waals surface area (Å²) in [6.07, 6.45) is 3.45. The van der Waals surface area contributed by atoms with Crippen molar-refractivity contribution in [3.8, 4) is 22.6 Å². The summed E-state index contributed by atoms with van der Waals surface area (Å²) >= 11 is 0. The van der Waals surface area contributed by atoms with Gasteiger partial charge in [-0.05, 0) is 12.1 Å². The first-order valence-corrected chi connectivity index (χ1v) is 9.27. The van der Waals surface area contributed by atoms with Crippen molar-refractivity contribution in [3.63, 3.8) is 0 Å². The van der Waals surface area contributed by atoms with E-state index in [9.17, 15) is 4.79 Å². The molecule has 0 aliphatic rings. The molecule has 4 aromatic rings. The Hall–Kier alpha value is -3.52. The smallest absolute Gasteiger partial charge is 0.257 e. The molecule has 0 saturated heterocycles. The Balaban J connectivity index is 1.72. The van der Waals surface area contributed by atoms with Crippen molar-refractivity contribution in [2.24, 2.45) is 7.05 Å². The number of amides is 1. The third-order valence-corrected chi connectivity index (χ3v) is 4.79. The van der Waals surface area contributed by atoms with Gasteiger partial charge in [0.05, 0.1) is 24.1 Å². The summed E-state index contributed by atoms with van der Waals surface area (Å²) < 4.78 is 8.51. The molecule has 0 spiro atoms. The van der Waals surface area contributed by atoms with Crippen LogP contribution in [0.25, 0.3) is 28.3 Å². The van der Waals surface area contributed by atoms with Crippen LogP contribution in [0.4, 0.5) is 0 Å². The number of aromatic nitrogens is 5. The lowest BCUT2D eigenvalue weighted by atomic mass is 10.1. The van der Waals surface area contributed by atoms with Crippen molar-refractivity contribution in [2.45, 2.75) is 0 Å². The van der Waals surface area contributed by atoms with Gasteiger partial charge in [0.1, 0.15) is 0 Å². The molecule has 3 aromatic heterocycles. The summed E-state index contributed by atoms with van der Waals surface area (Å²) in [4.78, 5) is 19.2. The fourth-order valence-corrected chi connectivity index (χ4v) is 3.21. The topological polar surface area (TPSA) is 77.5 Å². The second-order valence-electron chi connectivity index (χ2n) is 6.77. The Bertz CT molecular complexity index is 1150. The zero-order valence-corrected chi connectivity index (χ0v) is 16.6. The van der Waals surface area contributed by atoms with E-state index >= 15 is 0 Å². The number of rotatable bonds is 6. The van der Waals surface area contributed by atoms with Crippen LogP contribution >= 0.6 is 0 Å². The zero-order chi connectivity index (χ0) is 20.4. The minimum absolute atomic E-state index is 0.100. The second-order valence-corrected chi connectivity index (χ2v) is 6.77. The van der Waals surface area contributed by atoms with Crippen LogP contribution in [-0.2, 0) is 11.8 Å². The molecule has 0 bridgehead atoms. The summed E-state index contributed by atoms with van der Waals surface area (Å²) in [5, 5.41) is 8.85. The second kappa shape index (κ2) is 7.84. The molecule has 0 radical (unpaired) electrons. The van der Waals surface area contributed by atoms with Gasteiger partial charge in [-0.25, -0.2) is 9.50 Å². The molecule has 0 N–H and O–H groups in total. The summed E-state index contributed by atoms with van der Waals surface area (Å²) in [5.74, 6) is 0.555. The Labute approximate surface area is 168 Å². The van der Waals surface area contributed by atoms with Gasteiger partial charge >= 0.3 is 0 Å². The van der Waals surface area contributed by atoms with Crippen molar-refractivity contribution in [3.05, 3.63) is 60.4 Å². The number of pyridine rings is 1. The molecule has 0 aliphatic heterocycles. The lowest BCUT2D eigenvalue weighted by Crippen LogP contribution is -2.30. The van der Waals surface area contributed by atoms with Gasteiger partial charge < -0.3 is 9.64 Å². The summed E-state index contributed by atoms with van der Waals surface area (Å²) in [5.41, 5.74) is 3.79. The van der Waals surface area contributed by atoms with E-state index in [1.54, 1.807) is 34.5 Å². The van der Waals surface area contributed by atoms with Gasteiger partial charge in [0.2, 0.25) is 0 Å². The molecule has 4 rings (SSSR count). The van der Waals surface area contributed by atoms with Crippen molar-refractivity contribution >= 4 is 11.6 Å². The quantitative estimate of drug-likeness (QED) is 0.506. The lowest BCUT2D eigenvalue weighted by Gasteiger charge is -2.17. The number of carbonyl (C=O) groups excluding carboxylic acids is 1. The van der Waals surface area contributed by atoms with E-state index in [4.69, 9.17) is 4.74 Å². The van der Waals surface area contributed by atoms with E-state index in [-0.39, 0.29) is 5.91 Å². The van der Waals surface area contributed by atoms with Gasteiger partial charge in [-0.1, -0.05) is 30.3 Å². The highest BCUT2D eigenvalue weighted by atomic mass is 16.5. The van der Waals surface area contributed by atoms with Crippen LogP contribution in [0.1, 0.15) is 10.4 Å². The molecule has 148 valence electrons. The van der Waals surface area contributed by atoms with E-state index in [2.05, 4.69) is 15.2 Å². The van der Waals surface area contributed by atoms with Crippen molar-refractivity contribution in [2.75, 3.05) is 27.3 Å². The van der Waals surface area contributed by atoms with E-state index in [0.29, 0.717) is 30.2 Å². The van der Waals surface area contributed by atoms with E-state index in [1.165, 1.54) is 0 Å². The Morgan fingerprint density at radius 2 is 1.97 bits per heavy atom. The molecule has 3 heterocycles. The van der Waals surface area contributed by atoms with E-state index < -0.39 is 0 Å². The SMILES string of the molecule is COCCN(C)C(=O)c1cnn(C)c1-c1ccn2nc(-c3ccccc3)nc2c1. The van der Waals surface area contributed by atoms with Crippen molar-refractivity contribution < 1.29 is 9.53 Å². The third kappa shape index (κ3) is 3.62. The minimum Gasteiger partial charge on any atom is -0.383 e. The van der Waals surface area contributed by atoms with Crippen molar-refractivity contribution in [1.29, 1.82) is 0 Å². The first kappa shape index (κ1) is 18.8. The fourth-order valence-electron chi connectivity index (χ4n) is 3.21. The first-order chi connectivity index (χ1) is 14.1. The number of hydrogen-bond donors (Lipinski definition) is 0. The fraction of sp³-hybridized carbons (Fsp3) is 0.238. The van der Waals surface area contributed by atoms with Crippen LogP contribution in [-0.4, -0.2) is 62.5 Å². The minimum atomic E-state index is -0.100. The van der Waals surface area contributed by atoms with Gasteiger partial charge in [0, 0.05) is 45.1 Å². The molecular formula is C21H22N6O2. The predicted octanol–water partition coefficient (Wildman–Crippen LogP) is 2.52. The van der Waals surface area contributed by atoms with Gasteiger partial charge in [-0.3, -0.25) is 9.48 Å².